The zero-order chi connectivity index (χ0) is 15.4. The highest BCUT2D eigenvalue weighted by atomic mass is 16.9. The van der Waals surface area contributed by atoms with Gasteiger partial charge in [0.25, 0.3) is 6.48 Å². The van der Waals surface area contributed by atoms with Crippen molar-refractivity contribution in [3.05, 3.63) is 35.4 Å². The molecule has 118 valence electrons. The molecule has 4 bridgehead atoms. The van der Waals surface area contributed by atoms with Crippen molar-refractivity contribution in [1.29, 1.82) is 0 Å². The minimum atomic E-state index is -1.07. The number of aryl methyl sites for hydroxylation is 1. The maximum atomic E-state index is 12.2. The predicted molar refractivity (Wildman–Crippen MR) is 70.8 cm³/mol. The number of carbonyl (C=O) groups excluding carboxylic acids is 1. The van der Waals surface area contributed by atoms with Gasteiger partial charge in [-0.2, -0.15) is 0 Å². The summed E-state index contributed by atoms with van der Waals surface area (Å²) >= 11 is 0. The molecule has 1 saturated carbocycles. The number of carbonyl (C=O) groups is 1. The molecule has 3 heterocycles. The molecule has 4 aliphatic rings. The monoisotopic (exact) mass is 308 g/mol. The van der Waals surface area contributed by atoms with Crippen LogP contribution in [0.4, 0.5) is 0 Å². The molecule has 22 heavy (non-hydrogen) atoms. The van der Waals surface area contributed by atoms with Crippen LogP contribution in [0.5, 0.6) is 0 Å². The Hall–Kier alpha value is -1.51. The molecule has 3 aliphatic heterocycles. The SMILES string of the molecule is Cc1ccc(C(=O)OC2[C@H]3OC4OC([C@H]3O)[C@H](O)[C@H]2O4)cc1. The van der Waals surface area contributed by atoms with Crippen LogP contribution < -0.4 is 0 Å². The molecule has 3 saturated heterocycles. The molecule has 7 nitrogen and oxygen atoms in total. The van der Waals surface area contributed by atoms with Gasteiger partial charge in [-0.25, -0.2) is 4.79 Å². The Labute approximate surface area is 126 Å². The lowest BCUT2D eigenvalue weighted by Gasteiger charge is -2.56. The molecule has 0 amide bonds. The molecule has 1 aromatic carbocycles. The second-order valence-corrected chi connectivity index (χ2v) is 5.81. The molecule has 0 spiro atoms. The summed E-state index contributed by atoms with van der Waals surface area (Å²) in [6, 6.07) is 6.92. The summed E-state index contributed by atoms with van der Waals surface area (Å²) in [5, 5.41) is 20.3. The molecule has 5 rings (SSSR count). The molecule has 3 unspecified atom stereocenters. The van der Waals surface area contributed by atoms with E-state index < -0.39 is 49.1 Å². The van der Waals surface area contributed by atoms with Crippen LogP contribution in [0.3, 0.4) is 0 Å². The van der Waals surface area contributed by atoms with Gasteiger partial charge in [0.1, 0.15) is 30.5 Å². The average Bonchev–Trinajstić information content (AvgIpc) is 2.51. The maximum Gasteiger partial charge on any atom is 0.338 e. The normalized spacial score (nSPS) is 42.4. The van der Waals surface area contributed by atoms with E-state index in [9.17, 15) is 15.0 Å². The van der Waals surface area contributed by atoms with Crippen molar-refractivity contribution in [3.63, 3.8) is 0 Å². The summed E-state index contributed by atoms with van der Waals surface area (Å²) in [7, 11) is 0. The van der Waals surface area contributed by atoms with Crippen LogP contribution in [0.1, 0.15) is 15.9 Å². The molecular weight excluding hydrogens is 292 g/mol. The Bertz CT molecular complexity index is 566. The lowest BCUT2D eigenvalue weighted by Crippen LogP contribution is -2.75. The zero-order valence-electron chi connectivity index (χ0n) is 11.8. The number of aliphatic hydroxyl groups excluding tert-OH is 2. The van der Waals surface area contributed by atoms with Gasteiger partial charge in [0.05, 0.1) is 5.56 Å². The topological polar surface area (TPSA) is 94.5 Å². The Morgan fingerprint density at radius 3 is 2.14 bits per heavy atom. The Morgan fingerprint density at radius 1 is 1.00 bits per heavy atom. The second-order valence-electron chi connectivity index (χ2n) is 5.81. The Morgan fingerprint density at radius 2 is 1.55 bits per heavy atom. The Balaban J connectivity index is 1.55. The van der Waals surface area contributed by atoms with Crippen LogP contribution in [0.15, 0.2) is 24.3 Å². The second kappa shape index (κ2) is 5.00. The highest BCUT2D eigenvalue weighted by molar-refractivity contribution is 5.89. The first-order valence-corrected chi connectivity index (χ1v) is 7.15. The van der Waals surface area contributed by atoms with Crippen molar-refractivity contribution in [3.8, 4) is 0 Å². The highest BCUT2D eigenvalue weighted by Crippen LogP contribution is 2.41. The van der Waals surface area contributed by atoms with Gasteiger partial charge < -0.3 is 29.2 Å². The Kier molecular flexibility index (Phi) is 3.21. The van der Waals surface area contributed by atoms with Crippen molar-refractivity contribution in [1.82, 2.24) is 0 Å². The van der Waals surface area contributed by atoms with E-state index in [0.717, 1.165) is 5.56 Å². The van der Waals surface area contributed by atoms with E-state index in [-0.39, 0.29) is 0 Å². The number of hydrogen-bond acceptors (Lipinski definition) is 7. The first kappa shape index (κ1) is 14.1. The first-order valence-electron chi connectivity index (χ1n) is 7.15. The maximum absolute atomic E-state index is 12.2. The molecule has 7 heteroatoms. The van der Waals surface area contributed by atoms with Crippen molar-refractivity contribution < 1.29 is 34.0 Å². The van der Waals surface area contributed by atoms with Gasteiger partial charge >= 0.3 is 5.97 Å². The summed E-state index contributed by atoms with van der Waals surface area (Å²) in [4.78, 5) is 12.2. The minimum Gasteiger partial charge on any atom is -0.453 e. The van der Waals surface area contributed by atoms with Crippen molar-refractivity contribution in [2.75, 3.05) is 0 Å². The van der Waals surface area contributed by atoms with Crippen LogP contribution in [-0.2, 0) is 18.9 Å². The van der Waals surface area contributed by atoms with Gasteiger partial charge in [0.2, 0.25) is 0 Å². The molecule has 4 fully saturated rings. The van der Waals surface area contributed by atoms with Crippen LogP contribution in [0, 0.1) is 6.92 Å². The quantitative estimate of drug-likeness (QED) is 0.726. The van der Waals surface area contributed by atoms with Gasteiger partial charge in [-0.3, -0.25) is 0 Å². The molecule has 0 aromatic heterocycles. The van der Waals surface area contributed by atoms with E-state index in [0.29, 0.717) is 5.56 Å². The lowest BCUT2D eigenvalue weighted by atomic mass is 9.82. The lowest BCUT2D eigenvalue weighted by molar-refractivity contribution is -0.480. The fraction of sp³-hybridized carbons (Fsp3) is 0.533. The molecule has 1 aliphatic carbocycles. The number of ether oxygens (including phenoxy) is 4. The first-order chi connectivity index (χ1) is 10.5. The largest absolute Gasteiger partial charge is 0.453 e. The van der Waals surface area contributed by atoms with E-state index in [1.165, 1.54) is 0 Å². The summed E-state index contributed by atoms with van der Waals surface area (Å²) in [5.74, 6) is -0.551. The number of benzene rings is 1. The van der Waals surface area contributed by atoms with Crippen LogP contribution in [-0.4, -0.2) is 59.3 Å². The molecule has 1 aromatic rings. The van der Waals surface area contributed by atoms with Gasteiger partial charge in [-0.05, 0) is 19.1 Å². The zero-order valence-corrected chi connectivity index (χ0v) is 11.8. The molecular formula is C15H16O7. The van der Waals surface area contributed by atoms with E-state index >= 15 is 0 Å². The van der Waals surface area contributed by atoms with Crippen LogP contribution >= 0.6 is 0 Å². The van der Waals surface area contributed by atoms with E-state index in [2.05, 4.69) is 0 Å². The van der Waals surface area contributed by atoms with Gasteiger partial charge in [-0.1, -0.05) is 17.7 Å². The molecule has 2 N–H and O–H groups in total. The van der Waals surface area contributed by atoms with E-state index in [1.54, 1.807) is 24.3 Å². The fourth-order valence-electron chi connectivity index (χ4n) is 3.12. The molecule has 7 atom stereocenters. The third-order valence-corrected chi connectivity index (χ3v) is 4.33. The van der Waals surface area contributed by atoms with E-state index in [4.69, 9.17) is 18.9 Å². The summed E-state index contributed by atoms with van der Waals surface area (Å²) < 4.78 is 21.4. The molecule has 0 radical (unpaired) electrons. The number of esters is 1. The van der Waals surface area contributed by atoms with Crippen molar-refractivity contribution >= 4 is 5.97 Å². The number of hydrogen-bond donors (Lipinski definition) is 2. The minimum absolute atomic E-state index is 0.389. The van der Waals surface area contributed by atoms with Crippen molar-refractivity contribution in [2.45, 2.75) is 50.0 Å². The number of rotatable bonds is 2. The standard InChI is InChI=1S/C15H16O7/c1-6-2-4-7(5-3-6)14(18)19-13-11-8(16)10-9(17)12(13)22-15(20-10)21-11/h2-5,8-13,15-17H,1H3/t8-,9+,10?,11+,12-,13?,15?. The third-order valence-electron chi connectivity index (χ3n) is 4.33. The summed E-state index contributed by atoms with van der Waals surface area (Å²) in [6.07, 6.45) is -5.32. The third kappa shape index (κ3) is 2.05. The number of aliphatic hydroxyl groups is 2. The van der Waals surface area contributed by atoms with Crippen LogP contribution in [0.2, 0.25) is 0 Å². The summed E-state index contributed by atoms with van der Waals surface area (Å²) in [5.41, 5.74) is 1.42. The average molecular weight is 308 g/mol. The van der Waals surface area contributed by atoms with E-state index in [1.807, 2.05) is 6.92 Å². The predicted octanol–water partition coefficient (Wildman–Crippen LogP) is -0.278. The van der Waals surface area contributed by atoms with Crippen molar-refractivity contribution in [2.24, 2.45) is 0 Å². The van der Waals surface area contributed by atoms with Crippen LogP contribution in [0.25, 0.3) is 0 Å². The smallest absolute Gasteiger partial charge is 0.338 e. The summed E-state index contributed by atoms with van der Waals surface area (Å²) in [6.45, 7) is 0.988. The van der Waals surface area contributed by atoms with Gasteiger partial charge in [0.15, 0.2) is 6.10 Å². The highest BCUT2D eigenvalue weighted by Gasteiger charge is 2.62. The fourth-order valence-corrected chi connectivity index (χ4v) is 3.12. The van der Waals surface area contributed by atoms with Gasteiger partial charge in [0, 0.05) is 0 Å². The van der Waals surface area contributed by atoms with Gasteiger partial charge in [-0.15, -0.1) is 0 Å².